The zero-order chi connectivity index (χ0) is 51.1. The van der Waals surface area contributed by atoms with Gasteiger partial charge in [0.25, 0.3) is 0 Å². The van der Waals surface area contributed by atoms with Gasteiger partial charge in [-0.2, -0.15) is 0 Å². The van der Waals surface area contributed by atoms with Gasteiger partial charge in [-0.05, 0) is 48.1 Å². The standard InChI is InChI=1S/C49H59N9O12/c1-4-26(2)42(58-44(64)33(50)23-41(61)62)48(68)54-36(18-19-40(59)60)45(65)53-27(3)43(63)55-38(21-29-24-51-34-16-10-8-14-31(29)34)47(67)56-37(20-28-12-6-5-7-13-28)46(66)57-39(49(69)70)22-30-25-52-35-17-11-9-15-32(30)35/h5-17,24-27,33,36-39,42,51-52H,4,18-23,50H2,1-3H3,(H,53,65)(H,54,68)(H,55,63)(H,56,67)(H,57,66)(H,58,64)(H,59,60)(H,61,62)(H,69,70)/t26-,27-,33-,36-,37-,38-,39-,42-/m0/s1. The van der Waals surface area contributed by atoms with Crippen molar-refractivity contribution in [2.75, 3.05) is 0 Å². The maximum absolute atomic E-state index is 14.5. The van der Waals surface area contributed by atoms with Crippen molar-refractivity contribution >= 4 is 75.2 Å². The summed E-state index contributed by atoms with van der Waals surface area (Å²) in [5.74, 6) is -9.87. The number of hydrogen-bond acceptors (Lipinski definition) is 10. The van der Waals surface area contributed by atoms with Crippen LogP contribution in [0.25, 0.3) is 21.8 Å². The van der Waals surface area contributed by atoms with Gasteiger partial charge in [0.1, 0.15) is 36.3 Å². The zero-order valence-corrected chi connectivity index (χ0v) is 38.8. The van der Waals surface area contributed by atoms with Crippen LogP contribution < -0.4 is 37.6 Å². The molecule has 5 rings (SSSR count). The lowest BCUT2D eigenvalue weighted by Gasteiger charge is -2.28. The van der Waals surface area contributed by atoms with Gasteiger partial charge in [-0.1, -0.05) is 87.0 Å². The Kier molecular flexibility index (Phi) is 18.7. The summed E-state index contributed by atoms with van der Waals surface area (Å²) in [7, 11) is 0. The predicted octanol–water partition coefficient (Wildman–Crippen LogP) is 1.40. The molecule has 0 spiro atoms. The molecule has 372 valence electrons. The summed E-state index contributed by atoms with van der Waals surface area (Å²) < 4.78 is 0. The largest absolute Gasteiger partial charge is 0.481 e. The molecule has 0 unspecified atom stereocenters. The first kappa shape index (κ1) is 52.9. The van der Waals surface area contributed by atoms with E-state index in [1.54, 1.807) is 80.8 Å². The van der Waals surface area contributed by atoms with Gasteiger partial charge in [-0.25, -0.2) is 4.79 Å². The van der Waals surface area contributed by atoms with Crippen molar-refractivity contribution in [2.24, 2.45) is 11.7 Å². The number of hydrogen-bond donors (Lipinski definition) is 12. The Morgan fingerprint density at radius 1 is 0.543 bits per heavy atom. The Morgan fingerprint density at radius 2 is 1.03 bits per heavy atom. The van der Waals surface area contributed by atoms with Crippen molar-refractivity contribution in [1.82, 2.24) is 41.9 Å². The molecule has 3 aromatic carbocycles. The molecule has 0 aliphatic rings. The fourth-order valence-corrected chi connectivity index (χ4v) is 7.77. The number of fused-ring (bicyclic) bond motifs is 2. The number of carboxylic acid groups (broad SMARTS) is 3. The summed E-state index contributed by atoms with van der Waals surface area (Å²) in [5.41, 5.74) is 9.09. The molecular formula is C49H59N9O12. The first-order valence-electron chi connectivity index (χ1n) is 22.7. The SMILES string of the molecule is CC[C@H](C)[C@H](NC(=O)[C@@H](N)CC(=O)O)C(=O)N[C@@H](CCC(=O)O)C(=O)N[C@@H](C)C(=O)N[C@@H](Cc1c[nH]c2ccccc12)C(=O)N[C@@H](Cc1ccccc1)C(=O)N[C@@H](Cc1c[nH]c2ccccc12)C(=O)O. The molecule has 0 radical (unpaired) electrons. The van der Waals surface area contributed by atoms with E-state index in [1.165, 1.54) is 6.92 Å². The van der Waals surface area contributed by atoms with Crippen LogP contribution >= 0.6 is 0 Å². The average Bonchev–Trinajstić information content (AvgIpc) is 3.94. The number of nitrogens with two attached hydrogens (primary N) is 1. The highest BCUT2D eigenvalue weighted by atomic mass is 16.4. The lowest BCUT2D eigenvalue weighted by molar-refractivity contribution is -0.142. The van der Waals surface area contributed by atoms with Crippen LogP contribution in [0.3, 0.4) is 0 Å². The van der Waals surface area contributed by atoms with Crippen LogP contribution in [-0.4, -0.2) is 121 Å². The lowest BCUT2D eigenvalue weighted by atomic mass is 9.97. The van der Waals surface area contributed by atoms with Crippen LogP contribution in [0.5, 0.6) is 0 Å². The van der Waals surface area contributed by atoms with Crippen molar-refractivity contribution in [3.05, 3.63) is 108 Å². The second-order valence-corrected chi connectivity index (χ2v) is 17.1. The summed E-state index contributed by atoms with van der Waals surface area (Å²) >= 11 is 0. The highest BCUT2D eigenvalue weighted by Crippen LogP contribution is 2.21. The molecule has 6 amide bonds. The van der Waals surface area contributed by atoms with Crippen LogP contribution in [0, 0.1) is 5.92 Å². The van der Waals surface area contributed by atoms with Crippen molar-refractivity contribution in [3.8, 4) is 0 Å². The number of aromatic amines is 2. The molecule has 8 atom stereocenters. The number of nitrogens with one attached hydrogen (secondary N) is 8. The van der Waals surface area contributed by atoms with Gasteiger partial charge in [0, 0.05) is 59.9 Å². The van der Waals surface area contributed by atoms with E-state index in [0.29, 0.717) is 23.1 Å². The number of aromatic nitrogens is 2. The maximum Gasteiger partial charge on any atom is 0.326 e. The predicted molar refractivity (Wildman–Crippen MR) is 256 cm³/mol. The van der Waals surface area contributed by atoms with E-state index in [1.807, 2.05) is 24.3 Å². The van der Waals surface area contributed by atoms with Crippen LogP contribution in [0.15, 0.2) is 91.3 Å². The fourth-order valence-electron chi connectivity index (χ4n) is 7.77. The molecule has 0 saturated carbocycles. The highest BCUT2D eigenvalue weighted by Gasteiger charge is 2.35. The van der Waals surface area contributed by atoms with Gasteiger partial charge in [0.2, 0.25) is 35.4 Å². The van der Waals surface area contributed by atoms with Gasteiger partial charge in [0.15, 0.2) is 0 Å². The van der Waals surface area contributed by atoms with Gasteiger partial charge in [0.05, 0.1) is 12.5 Å². The molecule has 13 N–H and O–H groups in total. The van der Waals surface area contributed by atoms with E-state index in [4.69, 9.17) is 10.8 Å². The Balaban J connectivity index is 1.37. The van der Waals surface area contributed by atoms with Crippen molar-refractivity contribution in [1.29, 1.82) is 0 Å². The number of benzene rings is 3. The molecule has 0 aliphatic heterocycles. The number of para-hydroxylation sites is 2. The third-order valence-electron chi connectivity index (χ3n) is 11.9. The number of aliphatic carboxylic acids is 3. The number of carbonyl (C=O) groups excluding carboxylic acids is 6. The van der Waals surface area contributed by atoms with E-state index in [-0.39, 0.29) is 19.3 Å². The maximum atomic E-state index is 14.5. The minimum Gasteiger partial charge on any atom is -0.481 e. The molecule has 21 nitrogen and oxygen atoms in total. The topological polar surface area (TPSA) is 344 Å². The quantitative estimate of drug-likeness (QED) is 0.0374. The molecule has 0 saturated heterocycles. The van der Waals surface area contributed by atoms with Crippen molar-refractivity contribution < 1.29 is 58.5 Å². The zero-order valence-electron chi connectivity index (χ0n) is 38.8. The summed E-state index contributed by atoms with van der Waals surface area (Å²) in [6, 6.07) is 13.2. The third-order valence-corrected chi connectivity index (χ3v) is 11.9. The van der Waals surface area contributed by atoms with Gasteiger partial charge in [-0.3, -0.25) is 38.4 Å². The number of amides is 6. The van der Waals surface area contributed by atoms with E-state index in [2.05, 4.69) is 41.9 Å². The summed E-state index contributed by atoms with van der Waals surface area (Å²) in [6.45, 7) is 4.63. The van der Waals surface area contributed by atoms with E-state index >= 15 is 0 Å². The van der Waals surface area contributed by atoms with E-state index in [0.717, 1.165) is 21.8 Å². The molecule has 0 fully saturated rings. The van der Waals surface area contributed by atoms with Crippen LogP contribution in [0.4, 0.5) is 0 Å². The van der Waals surface area contributed by atoms with E-state index in [9.17, 15) is 53.4 Å². The molecule has 21 heteroatoms. The van der Waals surface area contributed by atoms with Gasteiger partial charge < -0.3 is 62.9 Å². The van der Waals surface area contributed by atoms with Crippen LogP contribution in [-0.2, 0) is 62.4 Å². The Morgan fingerprint density at radius 3 is 1.57 bits per heavy atom. The van der Waals surface area contributed by atoms with E-state index < -0.39 is 121 Å². The highest BCUT2D eigenvalue weighted by molar-refractivity contribution is 5.98. The monoisotopic (exact) mass is 965 g/mol. The number of carboxylic acids is 3. The first-order valence-corrected chi connectivity index (χ1v) is 22.7. The lowest BCUT2D eigenvalue weighted by Crippen LogP contribution is -2.60. The van der Waals surface area contributed by atoms with Crippen LogP contribution in [0.2, 0.25) is 0 Å². The molecule has 0 aliphatic carbocycles. The number of rotatable bonds is 26. The smallest absolute Gasteiger partial charge is 0.326 e. The minimum atomic E-state index is -1.55. The van der Waals surface area contributed by atoms with Crippen molar-refractivity contribution in [3.63, 3.8) is 0 Å². The Bertz CT molecular complexity index is 2680. The fraction of sp³-hybridized carbons (Fsp3) is 0.367. The summed E-state index contributed by atoms with van der Waals surface area (Å²) in [6.07, 6.45) is 1.62. The Labute approximate surface area is 402 Å². The third kappa shape index (κ3) is 14.7. The summed E-state index contributed by atoms with van der Waals surface area (Å²) in [4.78, 5) is 124. The molecule has 0 bridgehead atoms. The first-order chi connectivity index (χ1) is 33.3. The molecule has 2 heterocycles. The molecule has 70 heavy (non-hydrogen) atoms. The minimum absolute atomic E-state index is 0.0712. The van der Waals surface area contributed by atoms with Gasteiger partial charge in [-0.15, -0.1) is 0 Å². The van der Waals surface area contributed by atoms with Crippen molar-refractivity contribution in [2.45, 2.75) is 108 Å². The Hall–Kier alpha value is -8.07. The van der Waals surface area contributed by atoms with Gasteiger partial charge >= 0.3 is 17.9 Å². The average molecular weight is 966 g/mol. The summed E-state index contributed by atoms with van der Waals surface area (Å²) in [5, 5.41) is 45.6. The normalized spacial score (nSPS) is 14.6. The second kappa shape index (κ2) is 24.8. The van der Waals surface area contributed by atoms with Crippen LogP contribution in [0.1, 0.15) is 63.1 Å². The number of carbonyl (C=O) groups is 9. The number of H-pyrrole nitrogens is 2. The molecular weight excluding hydrogens is 907 g/mol. The molecule has 5 aromatic rings. The molecule has 2 aromatic heterocycles. The second-order valence-electron chi connectivity index (χ2n) is 17.1.